The molecule has 2 aliphatic carbocycles. The summed E-state index contributed by atoms with van der Waals surface area (Å²) in [6.45, 7) is 4.40. The number of cyclic esters (lactones) is 1. The average molecular weight is 460 g/mol. The molecule has 1 aromatic heterocycles. The van der Waals surface area contributed by atoms with Crippen molar-refractivity contribution in [3.63, 3.8) is 0 Å². The zero-order chi connectivity index (χ0) is 23.6. The van der Waals surface area contributed by atoms with Gasteiger partial charge in [-0.15, -0.1) is 0 Å². The van der Waals surface area contributed by atoms with Crippen LogP contribution in [0.5, 0.6) is 0 Å². The van der Waals surface area contributed by atoms with Gasteiger partial charge >= 0.3 is 17.9 Å². The molecular formula is C24H28O9. The van der Waals surface area contributed by atoms with Gasteiger partial charge in [0.15, 0.2) is 11.9 Å². The summed E-state index contributed by atoms with van der Waals surface area (Å²) in [5.41, 5.74) is -2.53. The quantitative estimate of drug-likeness (QED) is 0.379. The second kappa shape index (κ2) is 7.41. The minimum atomic E-state index is -1.30. The molecule has 0 radical (unpaired) electrons. The third kappa shape index (κ3) is 2.94. The number of epoxide rings is 1. The number of carbonyl (C=O) groups excluding carboxylic acids is 4. The monoisotopic (exact) mass is 460 g/mol. The van der Waals surface area contributed by atoms with E-state index in [1.807, 2.05) is 0 Å². The highest BCUT2D eigenvalue weighted by Gasteiger charge is 2.80. The number of rotatable bonds is 4. The molecule has 0 aromatic carbocycles. The molecule has 9 heteroatoms. The molecule has 5 rings (SSSR count). The van der Waals surface area contributed by atoms with Gasteiger partial charge in [0.2, 0.25) is 0 Å². The zero-order valence-corrected chi connectivity index (χ0v) is 19.0. The fourth-order valence-corrected chi connectivity index (χ4v) is 6.85. The van der Waals surface area contributed by atoms with Gasteiger partial charge in [0.1, 0.15) is 23.7 Å². The van der Waals surface area contributed by atoms with Gasteiger partial charge in [0.05, 0.1) is 24.5 Å². The molecule has 9 nitrogen and oxygen atoms in total. The molecule has 0 N–H and O–H groups in total. The van der Waals surface area contributed by atoms with Gasteiger partial charge in [0, 0.05) is 31.7 Å². The maximum absolute atomic E-state index is 14.1. The van der Waals surface area contributed by atoms with Gasteiger partial charge in [-0.2, -0.15) is 0 Å². The number of furan rings is 1. The number of ketones is 1. The first kappa shape index (κ1) is 22.1. The van der Waals surface area contributed by atoms with Crippen LogP contribution >= 0.6 is 0 Å². The van der Waals surface area contributed by atoms with Gasteiger partial charge < -0.3 is 23.4 Å². The van der Waals surface area contributed by atoms with E-state index in [1.54, 1.807) is 13.0 Å². The minimum Gasteiger partial charge on any atom is -0.472 e. The maximum Gasteiger partial charge on any atom is 0.313 e. The Hall–Kier alpha value is -2.68. The topological polar surface area (TPSA) is 122 Å². The van der Waals surface area contributed by atoms with Crippen LogP contribution in [0.3, 0.4) is 0 Å². The van der Waals surface area contributed by atoms with E-state index in [4.69, 9.17) is 23.4 Å². The summed E-state index contributed by atoms with van der Waals surface area (Å²) in [4.78, 5) is 51.7. The van der Waals surface area contributed by atoms with Gasteiger partial charge in [-0.05, 0) is 24.8 Å². The molecule has 4 aliphatic rings. The van der Waals surface area contributed by atoms with E-state index in [1.165, 1.54) is 26.4 Å². The van der Waals surface area contributed by atoms with Crippen LogP contribution < -0.4 is 0 Å². The summed E-state index contributed by atoms with van der Waals surface area (Å²) in [5, 5.41) is 0. The highest BCUT2D eigenvalue weighted by Crippen LogP contribution is 2.70. The smallest absolute Gasteiger partial charge is 0.313 e. The van der Waals surface area contributed by atoms with Crippen LogP contribution in [-0.2, 0) is 38.1 Å². The number of carbonyl (C=O) groups is 4. The molecule has 7 atom stereocenters. The van der Waals surface area contributed by atoms with Crippen LogP contribution in [0.4, 0.5) is 0 Å². The molecule has 2 spiro atoms. The van der Waals surface area contributed by atoms with Crippen molar-refractivity contribution in [2.75, 3.05) is 13.2 Å². The molecular weight excluding hydrogens is 432 g/mol. The van der Waals surface area contributed by atoms with Crippen LogP contribution in [0.15, 0.2) is 23.0 Å². The highest BCUT2D eigenvalue weighted by molar-refractivity contribution is 5.97. The third-order valence-electron chi connectivity index (χ3n) is 8.42. The molecule has 2 saturated heterocycles. The average Bonchev–Trinajstić information content (AvgIpc) is 3.19. The van der Waals surface area contributed by atoms with Gasteiger partial charge in [-0.3, -0.25) is 19.2 Å². The van der Waals surface area contributed by atoms with Gasteiger partial charge in [0.25, 0.3) is 0 Å². The van der Waals surface area contributed by atoms with Crippen molar-refractivity contribution in [1.29, 1.82) is 0 Å². The van der Waals surface area contributed by atoms with E-state index in [9.17, 15) is 19.2 Å². The lowest BCUT2D eigenvalue weighted by Gasteiger charge is -2.59. The summed E-state index contributed by atoms with van der Waals surface area (Å²) in [6.07, 6.45) is 3.57. The van der Waals surface area contributed by atoms with Crippen LogP contribution in [0.25, 0.3) is 0 Å². The van der Waals surface area contributed by atoms with Crippen molar-refractivity contribution in [2.24, 2.45) is 22.7 Å². The predicted octanol–water partition coefficient (Wildman–Crippen LogP) is 2.52. The lowest BCUT2D eigenvalue weighted by Crippen LogP contribution is -2.71. The first-order valence-electron chi connectivity index (χ1n) is 11.4. The molecule has 1 aromatic rings. The third-order valence-corrected chi connectivity index (χ3v) is 8.42. The minimum absolute atomic E-state index is 0.221. The van der Waals surface area contributed by atoms with E-state index >= 15 is 0 Å². The SMILES string of the molecule is CC(=O)OC[C@@]12C(=O)[C@H](OC(C)=O)[C@@H](C)[C@]3(C[C@@H](c4ccoc4)OC3=O)[C@H]1CCC[C@]21CO1. The maximum atomic E-state index is 14.1. The van der Waals surface area contributed by atoms with Crippen LogP contribution in [-0.4, -0.2) is 48.6 Å². The van der Waals surface area contributed by atoms with Crippen molar-refractivity contribution < 1.29 is 42.5 Å². The molecule has 0 unspecified atom stereocenters. The van der Waals surface area contributed by atoms with E-state index in [0.29, 0.717) is 25.9 Å². The number of fused-ring (bicyclic) bond motifs is 3. The molecule has 2 saturated carbocycles. The molecule has 4 fully saturated rings. The van der Waals surface area contributed by atoms with Crippen LogP contribution in [0.1, 0.15) is 58.1 Å². The summed E-state index contributed by atoms with van der Waals surface area (Å²) in [7, 11) is 0. The molecule has 3 heterocycles. The van der Waals surface area contributed by atoms with Crippen molar-refractivity contribution in [1.82, 2.24) is 0 Å². The van der Waals surface area contributed by atoms with Crippen LogP contribution in [0, 0.1) is 22.7 Å². The van der Waals surface area contributed by atoms with Crippen LogP contribution in [0.2, 0.25) is 0 Å². The Morgan fingerprint density at radius 3 is 2.58 bits per heavy atom. The fraction of sp³-hybridized carbons (Fsp3) is 0.667. The second-order valence-corrected chi connectivity index (χ2v) is 9.86. The van der Waals surface area contributed by atoms with Crippen molar-refractivity contribution in [2.45, 2.75) is 64.3 Å². The first-order valence-corrected chi connectivity index (χ1v) is 11.4. The fourth-order valence-electron chi connectivity index (χ4n) is 6.85. The van der Waals surface area contributed by atoms with Gasteiger partial charge in [-0.25, -0.2) is 0 Å². The normalized spacial score (nSPS) is 41.5. The molecule has 33 heavy (non-hydrogen) atoms. The Kier molecular flexibility index (Phi) is 4.97. The Bertz CT molecular complexity index is 994. The van der Waals surface area contributed by atoms with E-state index in [0.717, 1.165) is 12.0 Å². The number of hydrogen-bond acceptors (Lipinski definition) is 9. The molecule has 0 bridgehead atoms. The predicted molar refractivity (Wildman–Crippen MR) is 109 cm³/mol. The second-order valence-electron chi connectivity index (χ2n) is 9.86. The molecule has 178 valence electrons. The Labute approximate surface area is 191 Å². The largest absolute Gasteiger partial charge is 0.472 e. The summed E-state index contributed by atoms with van der Waals surface area (Å²) >= 11 is 0. The highest BCUT2D eigenvalue weighted by atomic mass is 16.6. The number of hydrogen-bond donors (Lipinski definition) is 0. The van der Waals surface area contributed by atoms with E-state index in [2.05, 4.69) is 0 Å². The molecule has 0 amide bonds. The van der Waals surface area contributed by atoms with Crippen molar-refractivity contribution in [3.05, 3.63) is 24.2 Å². The standard InChI is InChI=1S/C24H28O9/c1-13-19(32-15(3)26)20(27)24(12-30-14(2)25)18(5-4-7-22(24)11-31-22)23(13)9-17(33-21(23)28)16-6-8-29-10-16/h6,8,10,13,17-19H,4-5,7,9,11-12H2,1-3H3/t13-,17+,18-,19-,22+,23-,24+/m1/s1. The number of Topliss-reactive ketones (excluding diaryl/α,β-unsaturated/α-hetero) is 1. The Morgan fingerprint density at radius 2 is 1.97 bits per heavy atom. The summed E-state index contributed by atoms with van der Waals surface area (Å²) in [6, 6.07) is 1.75. The van der Waals surface area contributed by atoms with Gasteiger partial charge in [-0.1, -0.05) is 13.3 Å². The van der Waals surface area contributed by atoms with E-state index < -0.39 is 58.4 Å². The first-order chi connectivity index (χ1) is 15.7. The number of esters is 3. The number of ether oxygens (including phenoxy) is 4. The summed E-state index contributed by atoms with van der Waals surface area (Å²) in [5.74, 6) is -3.02. The Morgan fingerprint density at radius 1 is 1.21 bits per heavy atom. The van der Waals surface area contributed by atoms with E-state index in [-0.39, 0.29) is 12.4 Å². The lowest BCUT2D eigenvalue weighted by atomic mass is 9.42. The Balaban J connectivity index is 1.67. The lowest BCUT2D eigenvalue weighted by molar-refractivity contribution is -0.209. The molecule has 2 aliphatic heterocycles. The zero-order valence-electron chi connectivity index (χ0n) is 19.0. The summed E-state index contributed by atoms with van der Waals surface area (Å²) < 4.78 is 28.0. The van der Waals surface area contributed by atoms with Crippen molar-refractivity contribution in [3.8, 4) is 0 Å². The van der Waals surface area contributed by atoms with Crippen molar-refractivity contribution >= 4 is 23.7 Å².